The van der Waals surface area contributed by atoms with Gasteiger partial charge in [-0.15, -0.1) is 0 Å². The molecule has 4 nitrogen and oxygen atoms in total. The third-order valence-electron chi connectivity index (χ3n) is 3.61. The molecule has 1 N–H and O–H groups in total. The average molecular weight is 317 g/mol. The number of hydrogen-bond acceptors (Lipinski definition) is 3. The van der Waals surface area contributed by atoms with Crippen LogP contribution in [0.3, 0.4) is 0 Å². The third kappa shape index (κ3) is 3.34. The van der Waals surface area contributed by atoms with Gasteiger partial charge in [0.05, 0.1) is 4.90 Å². The minimum absolute atomic E-state index is 0.289. The summed E-state index contributed by atoms with van der Waals surface area (Å²) in [5.74, 6) is 0.424. The van der Waals surface area contributed by atoms with E-state index in [-0.39, 0.29) is 4.90 Å². The zero-order valence-corrected chi connectivity index (χ0v) is 13.5. The Kier molecular flexibility index (Phi) is 5.07. The van der Waals surface area contributed by atoms with Crippen LogP contribution in [-0.2, 0) is 16.6 Å². The lowest BCUT2D eigenvalue weighted by Crippen LogP contribution is -2.28. The summed E-state index contributed by atoms with van der Waals surface area (Å²) < 4.78 is 26.6. The molecule has 1 aliphatic rings. The summed E-state index contributed by atoms with van der Waals surface area (Å²) in [5, 5.41) is 3.68. The average Bonchev–Trinajstić information content (AvgIpc) is 2.84. The normalized spacial score (nSPS) is 20.4. The number of hydrogen-bond donors (Lipinski definition) is 1. The summed E-state index contributed by atoms with van der Waals surface area (Å²) in [7, 11) is -3.40. The molecule has 2 rings (SSSR count). The van der Waals surface area contributed by atoms with Crippen molar-refractivity contribution in [3.63, 3.8) is 0 Å². The van der Waals surface area contributed by atoms with E-state index in [1.165, 1.54) is 0 Å². The third-order valence-corrected chi connectivity index (χ3v) is 5.83. The molecule has 0 amide bonds. The minimum Gasteiger partial charge on any atom is -0.313 e. The van der Waals surface area contributed by atoms with Crippen molar-refractivity contribution >= 4 is 21.6 Å². The number of benzene rings is 1. The largest absolute Gasteiger partial charge is 0.313 e. The molecule has 1 atom stereocenters. The van der Waals surface area contributed by atoms with Crippen LogP contribution < -0.4 is 5.32 Å². The number of nitrogens with zero attached hydrogens (tertiary/aromatic N) is 1. The molecule has 0 aliphatic carbocycles. The molecule has 0 saturated carbocycles. The molecular weight excluding hydrogens is 296 g/mol. The molecule has 1 unspecified atom stereocenters. The van der Waals surface area contributed by atoms with Gasteiger partial charge in [0.1, 0.15) is 0 Å². The molecule has 1 aromatic rings. The molecule has 0 spiro atoms. The molecule has 1 aliphatic heterocycles. The highest BCUT2D eigenvalue weighted by molar-refractivity contribution is 7.89. The van der Waals surface area contributed by atoms with E-state index in [1.54, 1.807) is 22.5 Å². The SMILES string of the molecule is CCNCc1ccc(S(=O)(=O)N2CCC(C)C2)cc1Cl. The highest BCUT2D eigenvalue weighted by Crippen LogP contribution is 2.27. The number of rotatable bonds is 5. The fraction of sp³-hybridized carbons (Fsp3) is 0.571. The van der Waals surface area contributed by atoms with E-state index in [0.717, 1.165) is 18.5 Å². The van der Waals surface area contributed by atoms with Crippen LogP contribution >= 0.6 is 11.6 Å². The molecule has 1 aromatic carbocycles. The second-order valence-corrected chi connectivity index (χ2v) is 7.64. The van der Waals surface area contributed by atoms with Gasteiger partial charge in [0.2, 0.25) is 10.0 Å². The Hall–Kier alpha value is -0.620. The van der Waals surface area contributed by atoms with Crippen LogP contribution in [0.1, 0.15) is 25.8 Å². The van der Waals surface area contributed by atoms with Gasteiger partial charge in [-0.25, -0.2) is 8.42 Å². The summed E-state index contributed by atoms with van der Waals surface area (Å²) >= 11 is 6.18. The molecule has 0 bridgehead atoms. The van der Waals surface area contributed by atoms with Gasteiger partial charge in [-0.1, -0.05) is 31.5 Å². The molecule has 112 valence electrons. The Morgan fingerprint density at radius 2 is 2.20 bits per heavy atom. The van der Waals surface area contributed by atoms with Gasteiger partial charge in [0.25, 0.3) is 0 Å². The van der Waals surface area contributed by atoms with E-state index in [9.17, 15) is 8.42 Å². The Balaban J connectivity index is 2.22. The highest BCUT2D eigenvalue weighted by atomic mass is 35.5. The van der Waals surface area contributed by atoms with Gasteiger partial charge in [0.15, 0.2) is 0 Å². The van der Waals surface area contributed by atoms with Crippen LogP contribution in [0.15, 0.2) is 23.1 Å². The molecule has 1 fully saturated rings. The van der Waals surface area contributed by atoms with Crippen LogP contribution in [0.5, 0.6) is 0 Å². The van der Waals surface area contributed by atoms with Crippen molar-refractivity contribution in [3.05, 3.63) is 28.8 Å². The molecular formula is C14H21ClN2O2S. The van der Waals surface area contributed by atoms with Crippen LogP contribution in [0.4, 0.5) is 0 Å². The van der Waals surface area contributed by atoms with E-state index in [2.05, 4.69) is 12.2 Å². The van der Waals surface area contributed by atoms with Crippen LogP contribution in [0.2, 0.25) is 5.02 Å². The van der Waals surface area contributed by atoms with E-state index in [1.807, 2.05) is 6.92 Å². The standard InChI is InChI=1S/C14H21ClN2O2S/c1-3-16-9-12-4-5-13(8-14(12)15)20(18,19)17-7-6-11(2)10-17/h4-5,8,11,16H,3,6-7,9-10H2,1-2H3. The molecule has 20 heavy (non-hydrogen) atoms. The Labute approximate surface area is 126 Å². The van der Waals surface area contributed by atoms with Crippen molar-refractivity contribution in [1.82, 2.24) is 9.62 Å². The summed E-state index contributed by atoms with van der Waals surface area (Å²) in [6.07, 6.45) is 0.922. The summed E-state index contributed by atoms with van der Waals surface area (Å²) in [6.45, 7) is 6.78. The first-order chi connectivity index (χ1) is 9.45. The maximum absolute atomic E-state index is 12.5. The van der Waals surface area contributed by atoms with Gasteiger partial charge in [-0.3, -0.25) is 0 Å². The number of halogens is 1. The van der Waals surface area contributed by atoms with Crippen LogP contribution in [0.25, 0.3) is 0 Å². The lowest BCUT2D eigenvalue weighted by atomic mass is 10.2. The van der Waals surface area contributed by atoms with Crippen molar-refractivity contribution in [2.45, 2.75) is 31.7 Å². The Morgan fingerprint density at radius 1 is 1.45 bits per heavy atom. The minimum atomic E-state index is -3.40. The monoisotopic (exact) mass is 316 g/mol. The van der Waals surface area contributed by atoms with Gasteiger partial charge in [-0.05, 0) is 36.6 Å². The molecule has 0 aromatic heterocycles. The van der Waals surface area contributed by atoms with Crippen molar-refractivity contribution < 1.29 is 8.42 Å². The topological polar surface area (TPSA) is 49.4 Å². The van der Waals surface area contributed by atoms with Crippen molar-refractivity contribution in [2.24, 2.45) is 5.92 Å². The maximum Gasteiger partial charge on any atom is 0.243 e. The smallest absolute Gasteiger partial charge is 0.243 e. The first-order valence-electron chi connectivity index (χ1n) is 6.94. The lowest BCUT2D eigenvalue weighted by molar-refractivity contribution is 0.464. The first kappa shape index (κ1) is 15.8. The van der Waals surface area contributed by atoms with Crippen LogP contribution in [0, 0.1) is 5.92 Å². The predicted octanol–water partition coefficient (Wildman–Crippen LogP) is 2.48. The molecule has 6 heteroatoms. The van der Waals surface area contributed by atoms with Crippen LogP contribution in [-0.4, -0.2) is 32.4 Å². The van der Waals surface area contributed by atoms with Gasteiger partial charge < -0.3 is 5.32 Å². The Bertz CT molecular complexity index is 575. The highest BCUT2D eigenvalue weighted by Gasteiger charge is 2.30. The second-order valence-electron chi connectivity index (χ2n) is 5.29. The number of nitrogens with one attached hydrogen (secondary N) is 1. The van der Waals surface area contributed by atoms with Gasteiger partial charge in [0, 0.05) is 24.7 Å². The van der Waals surface area contributed by atoms with Gasteiger partial charge in [-0.2, -0.15) is 4.31 Å². The van der Waals surface area contributed by atoms with Crippen molar-refractivity contribution in [2.75, 3.05) is 19.6 Å². The zero-order valence-electron chi connectivity index (χ0n) is 11.9. The summed E-state index contributed by atoms with van der Waals surface area (Å²) in [4.78, 5) is 0.289. The van der Waals surface area contributed by atoms with E-state index in [4.69, 9.17) is 11.6 Å². The fourth-order valence-corrected chi connectivity index (χ4v) is 4.27. The first-order valence-corrected chi connectivity index (χ1v) is 8.76. The fourth-order valence-electron chi connectivity index (χ4n) is 2.35. The summed E-state index contributed by atoms with van der Waals surface area (Å²) in [6, 6.07) is 5.00. The summed E-state index contributed by atoms with van der Waals surface area (Å²) in [5.41, 5.74) is 0.919. The van der Waals surface area contributed by atoms with Crippen molar-refractivity contribution in [3.8, 4) is 0 Å². The molecule has 0 radical (unpaired) electrons. The molecule has 1 saturated heterocycles. The maximum atomic E-state index is 12.5. The van der Waals surface area contributed by atoms with E-state index >= 15 is 0 Å². The van der Waals surface area contributed by atoms with E-state index < -0.39 is 10.0 Å². The van der Waals surface area contributed by atoms with Gasteiger partial charge >= 0.3 is 0 Å². The second kappa shape index (κ2) is 6.43. The zero-order chi connectivity index (χ0) is 14.8. The van der Waals surface area contributed by atoms with Crippen molar-refractivity contribution in [1.29, 1.82) is 0 Å². The quantitative estimate of drug-likeness (QED) is 0.908. The van der Waals surface area contributed by atoms with E-state index in [0.29, 0.717) is 30.6 Å². The molecule has 1 heterocycles. The lowest BCUT2D eigenvalue weighted by Gasteiger charge is -2.17. The number of sulfonamides is 1. The Morgan fingerprint density at radius 3 is 2.75 bits per heavy atom. The predicted molar refractivity (Wildman–Crippen MR) is 81.4 cm³/mol.